The molecule has 0 radical (unpaired) electrons. The lowest BCUT2D eigenvalue weighted by atomic mass is 10.4. The summed E-state index contributed by atoms with van der Waals surface area (Å²) in [5.74, 6) is 0.584. The normalized spacial score (nSPS) is 14.3. The van der Waals surface area contributed by atoms with Crippen LogP contribution in [0.25, 0.3) is 0 Å². The number of halogens is 1. The molecule has 0 spiro atoms. The van der Waals surface area contributed by atoms with Crippen LogP contribution in [0.5, 0.6) is 0 Å². The molecule has 7 heteroatoms. The van der Waals surface area contributed by atoms with Crippen molar-refractivity contribution in [1.82, 2.24) is 15.1 Å². The van der Waals surface area contributed by atoms with E-state index in [4.69, 9.17) is 0 Å². The van der Waals surface area contributed by atoms with Crippen LogP contribution < -0.4 is 16.2 Å². The van der Waals surface area contributed by atoms with Gasteiger partial charge in [-0.3, -0.25) is 9.59 Å². The van der Waals surface area contributed by atoms with Gasteiger partial charge < -0.3 is 10.6 Å². The van der Waals surface area contributed by atoms with E-state index in [1.165, 1.54) is 23.7 Å². The number of amides is 1. The molecular weight excluding hydrogens is 300 g/mol. The Kier molecular flexibility index (Phi) is 4.00. The molecule has 2 rings (SSSR count). The Balaban J connectivity index is 1.87. The summed E-state index contributed by atoms with van der Waals surface area (Å²) >= 11 is 3.19. The number of aryl methyl sites for hydroxylation is 1. The number of rotatable bonds is 5. The first-order valence-corrected chi connectivity index (χ1v) is 6.59. The van der Waals surface area contributed by atoms with Gasteiger partial charge in [-0.05, 0) is 34.7 Å². The van der Waals surface area contributed by atoms with Crippen molar-refractivity contribution in [1.29, 1.82) is 0 Å². The van der Waals surface area contributed by atoms with Crippen molar-refractivity contribution in [2.45, 2.75) is 12.8 Å². The first-order valence-electron chi connectivity index (χ1n) is 5.80. The molecule has 1 aromatic rings. The molecule has 0 unspecified atom stereocenters. The number of carbonyl (C=O) groups excluding carboxylic acids is 1. The van der Waals surface area contributed by atoms with Gasteiger partial charge in [0, 0.05) is 13.6 Å². The van der Waals surface area contributed by atoms with Crippen molar-refractivity contribution in [3.05, 3.63) is 21.0 Å². The molecular formula is C11H15BrN4O2. The summed E-state index contributed by atoms with van der Waals surface area (Å²) in [5.41, 5.74) is 0.290. The number of aromatic nitrogens is 2. The Bertz CT molecular complexity index is 510. The second-order valence-corrected chi connectivity index (χ2v) is 5.19. The van der Waals surface area contributed by atoms with Gasteiger partial charge in [0.2, 0.25) is 5.91 Å². The topological polar surface area (TPSA) is 76.0 Å². The minimum Gasteiger partial charge on any atom is -0.374 e. The summed E-state index contributed by atoms with van der Waals surface area (Å²) < 4.78 is 1.61. The van der Waals surface area contributed by atoms with E-state index in [1.807, 2.05) is 0 Å². The third kappa shape index (κ3) is 3.32. The fourth-order valence-corrected chi connectivity index (χ4v) is 1.95. The van der Waals surface area contributed by atoms with Gasteiger partial charge in [-0.2, -0.15) is 5.10 Å². The van der Waals surface area contributed by atoms with E-state index in [0.717, 1.165) is 6.54 Å². The van der Waals surface area contributed by atoms with E-state index in [-0.39, 0.29) is 18.0 Å². The van der Waals surface area contributed by atoms with Crippen molar-refractivity contribution in [2.75, 3.05) is 18.4 Å². The van der Waals surface area contributed by atoms with E-state index in [2.05, 4.69) is 31.7 Å². The molecule has 1 aliphatic carbocycles. The highest BCUT2D eigenvalue weighted by Gasteiger charge is 2.21. The maximum atomic E-state index is 11.6. The molecule has 1 heterocycles. The molecule has 18 heavy (non-hydrogen) atoms. The van der Waals surface area contributed by atoms with Crippen LogP contribution in [-0.4, -0.2) is 28.8 Å². The number of hydrogen-bond acceptors (Lipinski definition) is 4. The quantitative estimate of drug-likeness (QED) is 0.829. The predicted octanol–water partition coefficient (Wildman–Crippen LogP) is 0.481. The Morgan fingerprint density at radius 2 is 2.33 bits per heavy atom. The van der Waals surface area contributed by atoms with Gasteiger partial charge >= 0.3 is 0 Å². The van der Waals surface area contributed by atoms with Crippen LogP contribution in [0.1, 0.15) is 12.8 Å². The highest BCUT2D eigenvalue weighted by atomic mass is 79.9. The monoisotopic (exact) mass is 314 g/mol. The van der Waals surface area contributed by atoms with Crippen LogP contribution in [0.4, 0.5) is 5.69 Å². The summed E-state index contributed by atoms with van der Waals surface area (Å²) in [4.78, 5) is 23.1. The Hall–Kier alpha value is -1.37. The molecule has 1 amide bonds. The molecule has 0 aliphatic heterocycles. The number of nitrogens with zero attached hydrogens (tertiary/aromatic N) is 2. The van der Waals surface area contributed by atoms with E-state index >= 15 is 0 Å². The molecule has 1 fully saturated rings. The van der Waals surface area contributed by atoms with Gasteiger partial charge in [-0.25, -0.2) is 4.68 Å². The SMILES string of the molecule is Cn1ncc(NCC(=O)NCC2CC2)c(Br)c1=O. The number of carbonyl (C=O) groups is 1. The van der Waals surface area contributed by atoms with Crippen molar-refractivity contribution in [3.8, 4) is 0 Å². The Morgan fingerprint density at radius 3 is 3.00 bits per heavy atom. The number of anilines is 1. The molecule has 98 valence electrons. The van der Waals surface area contributed by atoms with Gasteiger partial charge in [0.05, 0.1) is 18.4 Å². The smallest absolute Gasteiger partial charge is 0.282 e. The number of hydrogen-bond donors (Lipinski definition) is 2. The zero-order chi connectivity index (χ0) is 13.1. The summed E-state index contributed by atoms with van der Waals surface area (Å²) in [6.45, 7) is 0.886. The van der Waals surface area contributed by atoms with Crippen LogP contribution >= 0.6 is 15.9 Å². The third-order valence-corrected chi connectivity index (χ3v) is 3.57. The van der Waals surface area contributed by atoms with Gasteiger partial charge in [0.25, 0.3) is 5.56 Å². The summed E-state index contributed by atoms with van der Waals surface area (Å²) in [5, 5.41) is 9.61. The van der Waals surface area contributed by atoms with Gasteiger partial charge in [0.1, 0.15) is 4.47 Å². The van der Waals surface area contributed by atoms with Crippen molar-refractivity contribution < 1.29 is 4.79 Å². The largest absolute Gasteiger partial charge is 0.374 e. The maximum Gasteiger partial charge on any atom is 0.282 e. The zero-order valence-electron chi connectivity index (χ0n) is 10.1. The molecule has 1 saturated carbocycles. The average Bonchev–Trinajstić information content (AvgIpc) is 3.16. The van der Waals surface area contributed by atoms with Crippen LogP contribution in [0.15, 0.2) is 15.5 Å². The van der Waals surface area contributed by atoms with Crippen LogP contribution in [0.3, 0.4) is 0 Å². The third-order valence-electron chi connectivity index (χ3n) is 2.80. The van der Waals surface area contributed by atoms with Gasteiger partial charge in [0.15, 0.2) is 0 Å². The lowest BCUT2D eigenvalue weighted by molar-refractivity contribution is -0.119. The lowest BCUT2D eigenvalue weighted by Crippen LogP contribution is -2.32. The van der Waals surface area contributed by atoms with E-state index < -0.39 is 0 Å². The van der Waals surface area contributed by atoms with E-state index in [9.17, 15) is 9.59 Å². The fraction of sp³-hybridized carbons (Fsp3) is 0.545. The number of nitrogens with one attached hydrogen (secondary N) is 2. The van der Waals surface area contributed by atoms with Gasteiger partial charge in [-0.1, -0.05) is 0 Å². The maximum absolute atomic E-state index is 11.6. The van der Waals surface area contributed by atoms with Crippen LogP contribution in [0, 0.1) is 5.92 Å². The van der Waals surface area contributed by atoms with E-state index in [1.54, 1.807) is 7.05 Å². The standard InChI is InChI=1S/C11H15BrN4O2/c1-16-11(18)10(12)8(5-15-16)13-6-9(17)14-4-7-2-3-7/h5,7,13H,2-4,6H2,1H3,(H,14,17). The minimum absolute atomic E-state index is 0.0746. The summed E-state index contributed by atoms with van der Waals surface area (Å²) in [6.07, 6.45) is 3.93. The highest BCUT2D eigenvalue weighted by Crippen LogP contribution is 2.27. The summed E-state index contributed by atoms with van der Waals surface area (Å²) in [7, 11) is 1.57. The molecule has 0 aromatic carbocycles. The lowest BCUT2D eigenvalue weighted by Gasteiger charge is -2.08. The van der Waals surface area contributed by atoms with Crippen LogP contribution in [-0.2, 0) is 11.8 Å². The first kappa shape index (κ1) is 13.1. The zero-order valence-corrected chi connectivity index (χ0v) is 11.7. The summed E-state index contributed by atoms with van der Waals surface area (Å²) in [6, 6.07) is 0. The molecule has 0 saturated heterocycles. The second kappa shape index (κ2) is 5.51. The molecule has 1 aromatic heterocycles. The Labute approximate surface area is 113 Å². The minimum atomic E-state index is -0.238. The van der Waals surface area contributed by atoms with Gasteiger partial charge in [-0.15, -0.1) is 0 Å². The second-order valence-electron chi connectivity index (χ2n) is 4.40. The molecule has 0 bridgehead atoms. The molecule has 1 aliphatic rings. The van der Waals surface area contributed by atoms with Crippen molar-refractivity contribution >= 4 is 27.5 Å². The van der Waals surface area contributed by atoms with E-state index in [0.29, 0.717) is 16.1 Å². The first-order chi connectivity index (χ1) is 8.58. The highest BCUT2D eigenvalue weighted by molar-refractivity contribution is 9.10. The molecule has 2 N–H and O–H groups in total. The fourth-order valence-electron chi connectivity index (χ4n) is 1.45. The van der Waals surface area contributed by atoms with Crippen molar-refractivity contribution in [3.63, 3.8) is 0 Å². The molecule has 6 nitrogen and oxygen atoms in total. The molecule has 0 atom stereocenters. The van der Waals surface area contributed by atoms with Crippen LogP contribution in [0.2, 0.25) is 0 Å². The average molecular weight is 315 g/mol. The predicted molar refractivity (Wildman–Crippen MR) is 71.4 cm³/mol. The van der Waals surface area contributed by atoms with Crippen molar-refractivity contribution in [2.24, 2.45) is 13.0 Å². The Morgan fingerprint density at radius 1 is 1.61 bits per heavy atom.